The first kappa shape index (κ1) is 10.0. The Balaban J connectivity index is 1.88. The lowest BCUT2D eigenvalue weighted by atomic mass is 10.1. The van der Waals surface area contributed by atoms with Crippen LogP contribution < -0.4 is 10.6 Å². The second kappa shape index (κ2) is 5.55. The Kier molecular flexibility index (Phi) is 4.62. The summed E-state index contributed by atoms with van der Waals surface area (Å²) < 4.78 is 0. The van der Waals surface area contributed by atoms with Gasteiger partial charge in [-0.1, -0.05) is 13.8 Å². The lowest BCUT2D eigenvalue weighted by Gasteiger charge is -2.11. The van der Waals surface area contributed by atoms with Gasteiger partial charge in [0, 0.05) is 12.1 Å². The number of hydrogen-bond donors (Lipinski definition) is 2. The molecular weight excluding hydrogens is 148 g/mol. The maximum atomic E-state index is 3.52. The van der Waals surface area contributed by atoms with Gasteiger partial charge in [0.25, 0.3) is 0 Å². The van der Waals surface area contributed by atoms with Crippen LogP contribution >= 0.6 is 0 Å². The van der Waals surface area contributed by atoms with Crippen LogP contribution in [0.3, 0.4) is 0 Å². The van der Waals surface area contributed by atoms with Crippen LogP contribution in [0, 0.1) is 0 Å². The molecule has 1 aliphatic heterocycles. The average molecular weight is 170 g/mol. The second-order valence-corrected chi connectivity index (χ2v) is 4.04. The fraction of sp³-hybridized carbons (Fsp3) is 1.00. The number of rotatable bonds is 5. The average Bonchev–Trinajstić information content (AvgIpc) is 2.49. The van der Waals surface area contributed by atoms with Gasteiger partial charge in [-0.3, -0.25) is 0 Å². The molecule has 0 aromatic heterocycles. The minimum Gasteiger partial charge on any atom is -0.315 e. The Morgan fingerprint density at radius 1 is 1.50 bits per heavy atom. The molecule has 2 heteroatoms. The van der Waals surface area contributed by atoms with Gasteiger partial charge in [-0.15, -0.1) is 0 Å². The lowest BCUT2D eigenvalue weighted by molar-refractivity contribution is 0.496. The highest BCUT2D eigenvalue weighted by atomic mass is 14.9. The fourth-order valence-electron chi connectivity index (χ4n) is 1.74. The van der Waals surface area contributed by atoms with Crippen molar-refractivity contribution in [2.45, 2.75) is 51.6 Å². The molecule has 0 aliphatic carbocycles. The maximum absolute atomic E-state index is 3.52. The molecule has 12 heavy (non-hydrogen) atoms. The van der Waals surface area contributed by atoms with Gasteiger partial charge < -0.3 is 10.6 Å². The van der Waals surface area contributed by atoms with E-state index in [4.69, 9.17) is 0 Å². The molecule has 0 saturated carbocycles. The van der Waals surface area contributed by atoms with Crippen molar-refractivity contribution in [3.63, 3.8) is 0 Å². The predicted molar refractivity (Wildman–Crippen MR) is 53.4 cm³/mol. The van der Waals surface area contributed by atoms with E-state index in [1.807, 2.05) is 0 Å². The molecule has 2 nitrogen and oxygen atoms in total. The van der Waals surface area contributed by atoms with Crippen LogP contribution in [0.1, 0.15) is 39.5 Å². The molecule has 0 aromatic rings. The highest BCUT2D eigenvalue weighted by molar-refractivity contribution is 4.74. The van der Waals surface area contributed by atoms with Gasteiger partial charge in [0.05, 0.1) is 0 Å². The topological polar surface area (TPSA) is 24.1 Å². The van der Waals surface area contributed by atoms with E-state index in [-0.39, 0.29) is 0 Å². The molecule has 2 N–H and O–H groups in total. The van der Waals surface area contributed by atoms with E-state index in [1.165, 1.54) is 38.8 Å². The van der Waals surface area contributed by atoms with Crippen molar-refractivity contribution in [2.75, 3.05) is 13.1 Å². The summed E-state index contributed by atoms with van der Waals surface area (Å²) in [5.41, 5.74) is 0. The Bertz CT molecular complexity index is 106. The van der Waals surface area contributed by atoms with Crippen molar-refractivity contribution in [3.05, 3.63) is 0 Å². The Morgan fingerprint density at radius 2 is 2.33 bits per heavy atom. The molecule has 0 amide bonds. The van der Waals surface area contributed by atoms with E-state index in [0.29, 0.717) is 6.04 Å². The minimum absolute atomic E-state index is 0.640. The quantitative estimate of drug-likeness (QED) is 0.611. The van der Waals surface area contributed by atoms with Gasteiger partial charge in [0.15, 0.2) is 0 Å². The molecule has 72 valence electrons. The first-order chi connectivity index (χ1) is 5.79. The van der Waals surface area contributed by atoms with Gasteiger partial charge in [0.2, 0.25) is 0 Å². The zero-order valence-corrected chi connectivity index (χ0v) is 8.40. The van der Waals surface area contributed by atoms with Gasteiger partial charge in [-0.25, -0.2) is 0 Å². The largest absolute Gasteiger partial charge is 0.315 e. The Morgan fingerprint density at radius 3 is 2.92 bits per heavy atom. The van der Waals surface area contributed by atoms with E-state index < -0.39 is 0 Å². The van der Waals surface area contributed by atoms with E-state index in [0.717, 1.165) is 6.04 Å². The normalized spacial score (nSPS) is 23.8. The molecule has 1 rings (SSSR count). The van der Waals surface area contributed by atoms with Crippen LogP contribution in [0.2, 0.25) is 0 Å². The van der Waals surface area contributed by atoms with Crippen LogP contribution in [0.15, 0.2) is 0 Å². The summed E-state index contributed by atoms with van der Waals surface area (Å²) in [7, 11) is 0. The Labute approximate surface area is 76.1 Å². The molecule has 1 fully saturated rings. The first-order valence-electron chi connectivity index (χ1n) is 5.26. The van der Waals surface area contributed by atoms with E-state index in [9.17, 15) is 0 Å². The molecule has 1 saturated heterocycles. The standard InChI is InChI=1S/C10H22N2/c1-9(2)11-7-3-5-10-6-4-8-12-10/h9-12H,3-8H2,1-2H3. The molecule has 1 heterocycles. The number of hydrogen-bond acceptors (Lipinski definition) is 2. The van der Waals surface area contributed by atoms with Crippen LogP contribution in [0.25, 0.3) is 0 Å². The molecule has 1 unspecified atom stereocenters. The monoisotopic (exact) mass is 170 g/mol. The summed E-state index contributed by atoms with van der Waals surface area (Å²) in [5.74, 6) is 0. The summed E-state index contributed by atoms with van der Waals surface area (Å²) in [6, 6.07) is 1.46. The summed E-state index contributed by atoms with van der Waals surface area (Å²) in [4.78, 5) is 0. The van der Waals surface area contributed by atoms with Gasteiger partial charge in [-0.05, 0) is 38.8 Å². The van der Waals surface area contributed by atoms with Crippen molar-refractivity contribution < 1.29 is 0 Å². The molecule has 0 radical (unpaired) electrons. The van der Waals surface area contributed by atoms with Crippen LogP contribution in [0.5, 0.6) is 0 Å². The third-order valence-electron chi connectivity index (χ3n) is 2.44. The molecule has 1 atom stereocenters. The summed E-state index contributed by atoms with van der Waals surface area (Å²) in [6.07, 6.45) is 5.43. The summed E-state index contributed by atoms with van der Waals surface area (Å²) in [5, 5.41) is 6.96. The summed E-state index contributed by atoms with van der Waals surface area (Å²) >= 11 is 0. The van der Waals surface area contributed by atoms with Gasteiger partial charge in [-0.2, -0.15) is 0 Å². The number of nitrogens with one attached hydrogen (secondary N) is 2. The van der Waals surface area contributed by atoms with Crippen molar-refractivity contribution in [1.82, 2.24) is 10.6 Å². The van der Waals surface area contributed by atoms with Gasteiger partial charge in [0.1, 0.15) is 0 Å². The van der Waals surface area contributed by atoms with E-state index in [1.54, 1.807) is 0 Å². The second-order valence-electron chi connectivity index (χ2n) is 4.04. The molecule has 0 spiro atoms. The molecule has 1 aliphatic rings. The molecular formula is C10H22N2. The third-order valence-corrected chi connectivity index (χ3v) is 2.44. The molecule has 0 aromatic carbocycles. The SMILES string of the molecule is CC(C)NCCCC1CCCN1. The van der Waals surface area contributed by atoms with Crippen LogP contribution in [-0.4, -0.2) is 25.2 Å². The van der Waals surface area contributed by atoms with Crippen molar-refractivity contribution in [2.24, 2.45) is 0 Å². The fourth-order valence-corrected chi connectivity index (χ4v) is 1.74. The predicted octanol–water partition coefficient (Wildman–Crippen LogP) is 1.52. The van der Waals surface area contributed by atoms with Gasteiger partial charge >= 0.3 is 0 Å². The van der Waals surface area contributed by atoms with E-state index >= 15 is 0 Å². The van der Waals surface area contributed by atoms with Crippen LogP contribution in [-0.2, 0) is 0 Å². The zero-order valence-electron chi connectivity index (χ0n) is 8.40. The van der Waals surface area contributed by atoms with E-state index in [2.05, 4.69) is 24.5 Å². The zero-order chi connectivity index (χ0) is 8.81. The minimum atomic E-state index is 0.640. The van der Waals surface area contributed by atoms with Crippen molar-refractivity contribution in [1.29, 1.82) is 0 Å². The highest BCUT2D eigenvalue weighted by Crippen LogP contribution is 2.09. The third kappa shape index (κ3) is 4.07. The lowest BCUT2D eigenvalue weighted by Crippen LogP contribution is -2.26. The molecule has 0 bridgehead atoms. The summed E-state index contributed by atoms with van der Waals surface area (Å²) in [6.45, 7) is 6.82. The first-order valence-corrected chi connectivity index (χ1v) is 5.26. The maximum Gasteiger partial charge on any atom is 0.00680 e. The van der Waals surface area contributed by atoms with Crippen molar-refractivity contribution in [3.8, 4) is 0 Å². The van der Waals surface area contributed by atoms with Crippen LogP contribution in [0.4, 0.5) is 0 Å². The smallest absolute Gasteiger partial charge is 0.00680 e. The van der Waals surface area contributed by atoms with Crippen molar-refractivity contribution >= 4 is 0 Å². The highest BCUT2D eigenvalue weighted by Gasteiger charge is 2.12. The Hall–Kier alpha value is -0.0800.